The molecule has 0 aliphatic rings. The van der Waals surface area contributed by atoms with Crippen molar-refractivity contribution in [2.45, 2.75) is 0 Å². The summed E-state index contributed by atoms with van der Waals surface area (Å²) >= 11 is 2.90. The number of halogens is 3. The average molecular weight is 447 g/mol. The number of rotatable bonds is 4. The number of hydrogen-bond donors (Lipinski definition) is 2. The van der Waals surface area contributed by atoms with Crippen LogP contribution in [0.3, 0.4) is 0 Å². The van der Waals surface area contributed by atoms with E-state index < -0.39 is 0 Å². The largest absolute Gasteiger partial charge is 0.468 e. The first-order valence-electron chi connectivity index (χ1n) is 7.52. The fraction of sp³-hybridized carbons (Fsp3) is 0.222. The summed E-state index contributed by atoms with van der Waals surface area (Å²) in [6, 6.07) is 11.4. The number of nitrogens with two attached hydrogens (primary N) is 1. The number of nitrogens with one attached hydrogen (secondary N) is 1. The molecule has 0 aromatic heterocycles. The molecule has 2 rings (SSSR count). The first-order chi connectivity index (χ1) is 12.8. The Morgan fingerprint density at radius 3 is 1.70 bits per heavy atom. The van der Waals surface area contributed by atoms with Crippen molar-refractivity contribution >= 4 is 39.2 Å². The third-order valence-corrected chi connectivity index (χ3v) is 3.17. The van der Waals surface area contributed by atoms with E-state index in [1.54, 1.807) is 12.1 Å². The van der Waals surface area contributed by atoms with Crippen LogP contribution < -0.4 is 11.1 Å². The first kappa shape index (κ1) is 24.3. The van der Waals surface area contributed by atoms with Gasteiger partial charge in [0.15, 0.2) is 0 Å². The van der Waals surface area contributed by atoms with Crippen molar-refractivity contribution in [2.75, 3.05) is 37.1 Å². The third-order valence-electron chi connectivity index (χ3n) is 2.72. The number of esters is 2. The molecule has 6 nitrogen and oxygen atoms in total. The van der Waals surface area contributed by atoms with E-state index in [-0.39, 0.29) is 35.4 Å². The van der Waals surface area contributed by atoms with Crippen molar-refractivity contribution in [3.05, 3.63) is 60.2 Å². The molecule has 0 radical (unpaired) electrons. The Labute approximate surface area is 164 Å². The second kappa shape index (κ2) is 14.5. The number of carbonyl (C=O) groups is 2. The summed E-state index contributed by atoms with van der Waals surface area (Å²) < 4.78 is 33.1. The molecule has 2 aromatic rings. The van der Waals surface area contributed by atoms with E-state index in [0.29, 0.717) is 11.4 Å². The number of benzene rings is 2. The van der Waals surface area contributed by atoms with Gasteiger partial charge in [-0.1, -0.05) is 15.9 Å². The van der Waals surface area contributed by atoms with Crippen molar-refractivity contribution in [2.24, 2.45) is 0 Å². The fourth-order valence-corrected chi connectivity index (χ4v) is 1.56. The maximum Gasteiger partial charge on any atom is 0.325 e. The normalized spacial score (nSPS) is 8.93. The van der Waals surface area contributed by atoms with Crippen LogP contribution in [0, 0.1) is 11.6 Å². The summed E-state index contributed by atoms with van der Waals surface area (Å²) in [5, 5.41) is 3.06. The van der Waals surface area contributed by atoms with Crippen LogP contribution in [-0.4, -0.2) is 38.0 Å². The highest BCUT2D eigenvalue weighted by molar-refractivity contribution is 9.09. The van der Waals surface area contributed by atoms with Gasteiger partial charge in [0.2, 0.25) is 0 Å². The predicted octanol–water partition coefficient (Wildman–Crippen LogP) is 3.37. The van der Waals surface area contributed by atoms with E-state index in [9.17, 15) is 18.4 Å². The lowest BCUT2D eigenvalue weighted by molar-refractivity contribution is -0.138. The van der Waals surface area contributed by atoms with Crippen LogP contribution in [0.1, 0.15) is 0 Å². The Hall–Kier alpha value is -2.68. The van der Waals surface area contributed by atoms with Crippen LogP contribution in [-0.2, 0) is 19.1 Å². The molecule has 2 aromatic carbocycles. The minimum atomic E-state index is -0.357. The quantitative estimate of drug-likeness (QED) is 0.425. The van der Waals surface area contributed by atoms with E-state index in [0.717, 1.165) is 0 Å². The van der Waals surface area contributed by atoms with E-state index in [1.807, 2.05) is 0 Å². The molecule has 0 atom stereocenters. The van der Waals surface area contributed by atoms with Gasteiger partial charge in [0.05, 0.1) is 14.2 Å². The summed E-state index contributed by atoms with van der Waals surface area (Å²) in [5.41, 5.74) is 6.54. The molecule has 0 heterocycles. The number of ether oxygens (including phenoxy) is 2. The maximum atomic E-state index is 12.4. The van der Waals surface area contributed by atoms with E-state index >= 15 is 0 Å². The zero-order valence-corrected chi connectivity index (χ0v) is 16.5. The highest BCUT2D eigenvalue weighted by Crippen LogP contribution is 2.07. The van der Waals surface area contributed by atoms with Crippen molar-refractivity contribution in [1.29, 1.82) is 0 Å². The minimum absolute atomic E-state index is 0.0854. The summed E-state index contributed by atoms with van der Waals surface area (Å²) in [6.45, 7) is 0.0854. The zero-order chi connectivity index (χ0) is 20.7. The maximum absolute atomic E-state index is 12.4. The molecule has 0 saturated heterocycles. The third kappa shape index (κ3) is 13.2. The lowest BCUT2D eigenvalue weighted by Crippen LogP contribution is -2.14. The van der Waals surface area contributed by atoms with Gasteiger partial charge in [-0.3, -0.25) is 9.59 Å². The molecule has 0 aliphatic carbocycles. The molecular formula is C18H21BrF2N2O4. The molecule has 0 spiro atoms. The van der Waals surface area contributed by atoms with Crippen molar-refractivity contribution < 1.29 is 27.8 Å². The van der Waals surface area contributed by atoms with Crippen LogP contribution in [0.25, 0.3) is 0 Å². The van der Waals surface area contributed by atoms with Crippen LogP contribution in [0.2, 0.25) is 0 Å². The van der Waals surface area contributed by atoms with Crippen LogP contribution in [0.4, 0.5) is 20.2 Å². The van der Waals surface area contributed by atoms with Crippen molar-refractivity contribution in [1.82, 2.24) is 0 Å². The summed E-state index contributed by atoms with van der Waals surface area (Å²) in [7, 11) is 2.66. The van der Waals surface area contributed by atoms with Gasteiger partial charge in [0, 0.05) is 11.4 Å². The number of hydrogen-bond acceptors (Lipinski definition) is 6. The van der Waals surface area contributed by atoms with E-state index in [4.69, 9.17) is 5.73 Å². The summed E-state index contributed by atoms with van der Waals surface area (Å²) in [5.74, 6) is -1.15. The molecule has 0 unspecified atom stereocenters. The monoisotopic (exact) mass is 446 g/mol. The Morgan fingerprint density at radius 1 is 0.926 bits per heavy atom. The Bertz CT molecular complexity index is 656. The van der Waals surface area contributed by atoms with Gasteiger partial charge in [-0.25, -0.2) is 8.78 Å². The van der Waals surface area contributed by atoms with Crippen LogP contribution >= 0.6 is 15.9 Å². The molecule has 27 heavy (non-hydrogen) atoms. The molecule has 0 amide bonds. The van der Waals surface area contributed by atoms with E-state index in [1.165, 1.54) is 50.6 Å². The molecule has 9 heteroatoms. The highest BCUT2D eigenvalue weighted by Gasteiger charge is 1.98. The van der Waals surface area contributed by atoms with Gasteiger partial charge in [0.1, 0.15) is 23.5 Å². The number of methoxy groups -OCH3 is 2. The van der Waals surface area contributed by atoms with Gasteiger partial charge in [0.25, 0.3) is 0 Å². The number of carbonyl (C=O) groups excluding carboxylic acids is 2. The predicted molar refractivity (Wildman–Crippen MR) is 104 cm³/mol. The molecule has 0 bridgehead atoms. The van der Waals surface area contributed by atoms with Crippen LogP contribution in [0.15, 0.2) is 48.5 Å². The lowest BCUT2D eigenvalue weighted by Gasteiger charge is -2.03. The highest BCUT2D eigenvalue weighted by atomic mass is 79.9. The summed E-state index contributed by atoms with van der Waals surface area (Å²) in [4.78, 5) is 20.6. The molecule has 3 N–H and O–H groups in total. The molecule has 148 valence electrons. The topological polar surface area (TPSA) is 90.6 Å². The second-order valence-electron chi connectivity index (χ2n) is 4.70. The van der Waals surface area contributed by atoms with Gasteiger partial charge >= 0.3 is 11.9 Å². The van der Waals surface area contributed by atoms with Gasteiger partial charge in [-0.15, -0.1) is 0 Å². The fourth-order valence-electron chi connectivity index (χ4n) is 1.33. The van der Waals surface area contributed by atoms with Crippen molar-refractivity contribution in [3.63, 3.8) is 0 Å². The van der Waals surface area contributed by atoms with E-state index in [2.05, 4.69) is 30.7 Å². The van der Waals surface area contributed by atoms with Crippen molar-refractivity contribution in [3.8, 4) is 0 Å². The van der Waals surface area contributed by atoms with Gasteiger partial charge in [-0.05, 0) is 48.5 Å². The Morgan fingerprint density at radius 2 is 1.37 bits per heavy atom. The number of alkyl halides is 1. The molecule has 0 saturated carbocycles. The standard InChI is InChI=1S/C9H10FNO2.C6H6FN.C3H5BrO2/c1-13-9(12)6-11-8-4-2-7(10)3-5-8;7-5-1-3-6(8)4-2-5;1-6-3(5)2-4/h2-5,11H,6H2,1H3;1-4H,8H2;2H2,1H3. The Balaban J connectivity index is 0.000000413. The first-order valence-corrected chi connectivity index (χ1v) is 8.64. The second-order valence-corrected chi connectivity index (χ2v) is 5.26. The lowest BCUT2D eigenvalue weighted by atomic mass is 10.3. The number of nitrogen functional groups attached to an aromatic ring is 1. The summed E-state index contributed by atoms with van der Waals surface area (Å²) in [6.07, 6.45) is 0. The molecule has 0 aliphatic heterocycles. The Kier molecular flexibility index (Phi) is 13.0. The molecular weight excluding hydrogens is 426 g/mol. The SMILES string of the molecule is COC(=O)CBr.COC(=O)CNc1ccc(F)cc1.Nc1ccc(F)cc1. The molecule has 0 fully saturated rings. The minimum Gasteiger partial charge on any atom is -0.468 e. The van der Waals surface area contributed by atoms with Gasteiger partial charge < -0.3 is 20.5 Å². The zero-order valence-electron chi connectivity index (χ0n) is 14.9. The van der Waals surface area contributed by atoms with Crippen LogP contribution in [0.5, 0.6) is 0 Å². The smallest absolute Gasteiger partial charge is 0.325 e. The number of anilines is 2. The average Bonchev–Trinajstić information content (AvgIpc) is 2.69. The van der Waals surface area contributed by atoms with Gasteiger partial charge in [-0.2, -0.15) is 0 Å².